The largest absolute Gasteiger partial charge is 0.481 e. The van der Waals surface area contributed by atoms with Crippen LogP contribution in [0.25, 0.3) is 0 Å². The van der Waals surface area contributed by atoms with Crippen LogP contribution in [0.15, 0.2) is 0 Å². The van der Waals surface area contributed by atoms with E-state index < -0.39 is 18.0 Å². The van der Waals surface area contributed by atoms with Crippen LogP contribution in [0.5, 0.6) is 0 Å². The number of unbranched alkanes of at least 4 members (excludes halogenated alkanes) is 48. The van der Waals surface area contributed by atoms with Gasteiger partial charge in [-0.2, -0.15) is 0 Å². The SMILES string of the molecule is CCCCCCCCCCCCCCCCCCCCCCCCCCCC(=O)O.CCCCCCCCCCCCCCCCCCCCCCCCCCCC(=O)O.OCC(O)CO. The molecule has 7 nitrogen and oxygen atoms in total. The van der Waals surface area contributed by atoms with E-state index in [0.717, 1.165) is 25.7 Å². The van der Waals surface area contributed by atoms with Crippen molar-refractivity contribution in [1.29, 1.82) is 0 Å². The Labute approximate surface area is 412 Å². The molecule has 0 aliphatic rings. The summed E-state index contributed by atoms with van der Waals surface area (Å²) in [5, 5.41) is 41.2. The Morgan fingerprint density at radius 2 is 0.379 bits per heavy atom. The van der Waals surface area contributed by atoms with Crippen molar-refractivity contribution in [2.45, 2.75) is 354 Å². The minimum atomic E-state index is -0.954. The van der Waals surface area contributed by atoms with Crippen molar-refractivity contribution in [2.24, 2.45) is 0 Å². The number of rotatable bonds is 54. The molecule has 0 aromatic heterocycles. The zero-order valence-electron chi connectivity index (χ0n) is 44.8. The highest BCUT2D eigenvalue weighted by Gasteiger charge is 2.00. The highest BCUT2D eigenvalue weighted by atomic mass is 16.4. The molecule has 0 unspecified atom stereocenters. The van der Waals surface area contributed by atoms with Crippen LogP contribution in [0.1, 0.15) is 348 Å². The molecule has 0 aliphatic heterocycles. The van der Waals surface area contributed by atoms with Crippen LogP contribution in [-0.2, 0) is 9.59 Å². The molecule has 5 N–H and O–H groups in total. The Hall–Kier alpha value is -1.18. The lowest BCUT2D eigenvalue weighted by Crippen LogP contribution is -2.15. The van der Waals surface area contributed by atoms with Crippen molar-refractivity contribution in [3.8, 4) is 0 Å². The van der Waals surface area contributed by atoms with Crippen LogP contribution < -0.4 is 0 Å². The fraction of sp³-hybridized carbons (Fsp3) is 0.966. The van der Waals surface area contributed by atoms with Gasteiger partial charge in [0, 0.05) is 12.8 Å². The average Bonchev–Trinajstić information content (AvgIpc) is 3.31. The second kappa shape index (κ2) is 65.9. The van der Waals surface area contributed by atoms with Gasteiger partial charge in [0.15, 0.2) is 0 Å². The van der Waals surface area contributed by atoms with E-state index in [2.05, 4.69) is 13.8 Å². The maximum absolute atomic E-state index is 10.4. The van der Waals surface area contributed by atoms with Gasteiger partial charge in [-0.3, -0.25) is 9.59 Å². The third-order valence-corrected chi connectivity index (χ3v) is 13.4. The molecular weight excluding hydrogens is 821 g/mol. The number of carbonyl (C=O) groups is 2. The summed E-state index contributed by atoms with van der Waals surface area (Å²) in [5.41, 5.74) is 0. The lowest BCUT2D eigenvalue weighted by molar-refractivity contribution is -0.138. The lowest BCUT2D eigenvalue weighted by atomic mass is 10.0. The van der Waals surface area contributed by atoms with Gasteiger partial charge in [0.2, 0.25) is 0 Å². The molecule has 0 bridgehead atoms. The van der Waals surface area contributed by atoms with Crippen LogP contribution in [0.4, 0.5) is 0 Å². The maximum Gasteiger partial charge on any atom is 0.303 e. The Morgan fingerprint density at radius 3 is 0.470 bits per heavy atom. The number of carboxylic acids is 2. The van der Waals surface area contributed by atoms with Crippen LogP contribution in [0.2, 0.25) is 0 Å². The minimum Gasteiger partial charge on any atom is -0.481 e. The van der Waals surface area contributed by atoms with Crippen molar-refractivity contribution in [3.63, 3.8) is 0 Å². The molecule has 7 heteroatoms. The average molecular weight is 942 g/mol. The number of carboxylic acid groups (broad SMARTS) is 2. The molecule has 0 aliphatic carbocycles. The van der Waals surface area contributed by atoms with Gasteiger partial charge in [0.1, 0.15) is 6.10 Å². The van der Waals surface area contributed by atoms with Crippen LogP contribution in [0, 0.1) is 0 Å². The molecule has 0 fully saturated rings. The van der Waals surface area contributed by atoms with Crippen LogP contribution in [0.3, 0.4) is 0 Å². The van der Waals surface area contributed by atoms with Gasteiger partial charge in [0.05, 0.1) is 13.2 Å². The van der Waals surface area contributed by atoms with Crippen molar-refractivity contribution in [1.82, 2.24) is 0 Å². The van der Waals surface area contributed by atoms with Gasteiger partial charge >= 0.3 is 11.9 Å². The Balaban J connectivity index is -0.00000107. The molecule has 66 heavy (non-hydrogen) atoms. The number of hydrogen-bond donors (Lipinski definition) is 5. The molecule has 0 heterocycles. The molecule has 398 valence electrons. The number of hydrogen-bond acceptors (Lipinski definition) is 5. The highest BCUT2D eigenvalue weighted by Crippen LogP contribution is 2.18. The summed E-state index contributed by atoms with van der Waals surface area (Å²) in [6, 6.07) is 0. The third kappa shape index (κ3) is 74.4. The molecule has 0 saturated carbocycles. The summed E-state index contributed by atoms with van der Waals surface area (Å²) in [6.07, 6.45) is 69.0. The van der Waals surface area contributed by atoms with Gasteiger partial charge in [-0.1, -0.05) is 322 Å². The molecule has 0 spiro atoms. The van der Waals surface area contributed by atoms with Crippen molar-refractivity contribution in [3.05, 3.63) is 0 Å². The van der Waals surface area contributed by atoms with E-state index in [1.165, 1.54) is 295 Å². The molecule has 0 amide bonds. The minimum absolute atomic E-state index is 0.347. The van der Waals surface area contributed by atoms with E-state index in [9.17, 15) is 9.59 Å². The standard InChI is InChI=1S/2C28H56O2.C3H8O3/c2*1-2-3-4-5-6-7-8-9-10-11-12-13-14-15-16-17-18-19-20-21-22-23-24-25-26-27-28(29)30;4-1-3(6)2-5/h2*2-27H2,1H3,(H,29,30);3-6H,1-2H2. The first kappa shape index (κ1) is 69.1. The number of aliphatic carboxylic acids is 2. The van der Waals surface area contributed by atoms with Crippen molar-refractivity contribution < 1.29 is 35.1 Å². The van der Waals surface area contributed by atoms with E-state index in [0.29, 0.717) is 12.8 Å². The van der Waals surface area contributed by atoms with Gasteiger partial charge in [0.25, 0.3) is 0 Å². The van der Waals surface area contributed by atoms with E-state index in [4.69, 9.17) is 25.5 Å². The zero-order chi connectivity index (χ0) is 48.9. The summed E-state index contributed by atoms with van der Waals surface area (Å²) < 4.78 is 0. The molecule has 0 radical (unpaired) electrons. The molecule has 0 aromatic rings. The van der Waals surface area contributed by atoms with Crippen molar-refractivity contribution >= 4 is 11.9 Å². The summed E-state index contributed by atoms with van der Waals surface area (Å²) in [7, 11) is 0. The van der Waals surface area contributed by atoms with Gasteiger partial charge < -0.3 is 25.5 Å². The predicted octanol–water partition coefficient (Wildman–Crippen LogP) is 18.8. The fourth-order valence-electron chi connectivity index (χ4n) is 8.89. The Morgan fingerprint density at radius 1 is 0.258 bits per heavy atom. The monoisotopic (exact) mass is 941 g/mol. The molecule has 0 rings (SSSR count). The molecular formula is C59H120O7. The summed E-state index contributed by atoms with van der Waals surface area (Å²) in [4.78, 5) is 20.9. The quantitative estimate of drug-likeness (QED) is 0.0383. The summed E-state index contributed by atoms with van der Waals surface area (Å²) >= 11 is 0. The lowest BCUT2D eigenvalue weighted by Gasteiger charge is -2.04. The molecule has 0 aromatic carbocycles. The van der Waals surface area contributed by atoms with E-state index >= 15 is 0 Å². The normalized spacial score (nSPS) is 11.1. The smallest absolute Gasteiger partial charge is 0.303 e. The van der Waals surface area contributed by atoms with Crippen molar-refractivity contribution in [2.75, 3.05) is 13.2 Å². The first-order valence-corrected chi connectivity index (χ1v) is 29.7. The number of aliphatic hydroxyl groups is 3. The third-order valence-electron chi connectivity index (χ3n) is 13.4. The Bertz CT molecular complexity index is 799. The van der Waals surface area contributed by atoms with Gasteiger partial charge in [-0.15, -0.1) is 0 Å². The maximum atomic E-state index is 10.4. The topological polar surface area (TPSA) is 135 Å². The Kier molecular flexibility index (Phi) is 69.0. The summed E-state index contributed by atoms with van der Waals surface area (Å²) in [6.45, 7) is 3.86. The van der Waals surface area contributed by atoms with E-state index in [1.54, 1.807) is 0 Å². The van der Waals surface area contributed by atoms with Crippen LogP contribution in [-0.4, -0.2) is 56.8 Å². The molecule has 0 atom stereocenters. The van der Waals surface area contributed by atoms with Gasteiger partial charge in [-0.25, -0.2) is 0 Å². The summed E-state index contributed by atoms with van der Waals surface area (Å²) in [5.74, 6) is -1.30. The fourth-order valence-corrected chi connectivity index (χ4v) is 8.89. The zero-order valence-corrected chi connectivity index (χ0v) is 44.8. The van der Waals surface area contributed by atoms with Crippen LogP contribution >= 0.6 is 0 Å². The van der Waals surface area contributed by atoms with E-state index in [1.807, 2.05) is 0 Å². The first-order chi connectivity index (χ1) is 32.3. The van der Waals surface area contributed by atoms with Gasteiger partial charge in [-0.05, 0) is 12.8 Å². The first-order valence-electron chi connectivity index (χ1n) is 29.7. The highest BCUT2D eigenvalue weighted by molar-refractivity contribution is 5.66. The predicted molar refractivity (Wildman–Crippen MR) is 287 cm³/mol. The molecule has 0 saturated heterocycles. The second-order valence-electron chi connectivity index (χ2n) is 20.3. The second-order valence-corrected chi connectivity index (χ2v) is 20.3. The number of aliphatic hydroxyl groups excluding tert-OH is 3. The van der Waals surface area contributed by atoms with E-state index in [-0.39, 0.29) is 13.2 Å².